The number of carbonyl (C=O) groups is 1. The number of fused-ring (bicyclic) bond motifs is 1. The molecule has 1 N–H and O–H groups in total. The Morgan fingerprint density at radius 2 is 2.05 bits per heavy atom. The lowest BCUT2D eigenvalue weighted by molar-refractivity contribution is -0.131. The van der Waals surface area contributed by atoms with Crippen LogP contribution in [0.2, 0.25) is 0 Å². The average Bonchev–Trinajstić information content (AvgIpc) is 2.69. The molecule has 1 heterocycles. The van der Waals surface area contributed by atoms with E-state index < -0.39 is 5.97 Å². The lowest BCUT2D eigenvalue weighted by Gasteiger charge is -2.12. The lowest BCUT2D eigenvalue weighted by Crippen LogP contribution is -2.15. The van der Waals surface area contributed by atoms with Crippen molar-refractivity contribution in [2.75, 3.05) is 20.6 Å². The van der Waals surface area contributed by atoms with Crippen LogP contribution in [0.1, 0.15) is 17.7 Å². The predicted octanol–water partition coefficient (Wildman–Crippen LogP) is 3.00. The van der Waals surface area contributed by atoms with Crippen molar-refractivity contribution in [3.8, 4) is 0 Å². The molecule has 112 valence electrons. The molecule has 4 nitrogen and oxygen atoms in total. The maximum atomic E-state index is 10.8. The lowest BCUT2D eigenvalue weighted by atomic mass is 10.1. The topological polar surface area (TPSA) is 45.5 Å². The minimum Gasteiger partial charge on any atom is -0.478 e. The second-order valence-electron chi connectivity index (χ2n) is 5.50. The standard InChI is InChI=1S/C17H22N2O2/c1-13-14(9-10-17(20)21)15-7-4-5-8-16(15)19(13)12-6-11-18(2)3/h4-5,7-10H,6,11-12H2,1-3H3,(H,20,21)/b10-9+. The van der Waals surface area contributed by atoms with Crippen LogP contribution in [0.15, 0.2) is 30.3 Å². The van der Waals surface area contributed by atoms with Gasteiger partial charge in [0.05, 0.1) is 0 Å². The van der Waals surface area contributed by atoms with Crippen molar-refractivity contribution in [2.24, 2.45) is 0 Å². The Labute approximate surface area is 125 Å². The molecule has 0 radical (unpaired) electrons. The van der Waals surface area contributed by atoms with Crippen molar-refractivity contribution in [2.45, 2.75) is 19.9 Å². The van der Waals surface area contributed by atoms with Crippen molar-refractivity contribution in [1.29, 1.82) is 0 Å². The van der Waals surface area contributed by atoms with Gasteiger partial charge < -0.3 is 14.6 Å². The summed E-state index contributed by atoms with van der Waals surface area (Å²) in [5, 5.41) is 9.96. The normalized spacial score (nSPS) is 11.8. The fraction of sp³-hybridized carbons (Fsp3) is 0.353. The van der Waals surface area contributed by atoms with Crippen LogP contribution >= 0.6 is 0 Å². The third kappa shape index (κ3) is 3.52. The zero-order valence-electron chi connectivity index (χ0n) is 12.8. The van der Waals surface area contributed by atoms with Crippen LogP contribution in [0, 0.1) is 6.92 Å². The van der Waals surface area contributed by atoms with Gasteiger partial charge in [-0.15, -0.1) is 0 Å². The van der Waals surface area contributed by atoms with E-state index in [4.69, 9.17) is 5.11 Å². The minimum atomic E-state index is -0.918. The molecule has 0 amide bonds. The molecule has 0 unspecified atom stereocenters. The number of hydrogen-bond acceptors (Lipinski definition) is 2. The molecule has 2 aromatic rings. The van der Waals surface area contributed by atoms with Crippen molar-refractivity contribution in [1.82, 2.24) is 9.47 Å². The number of aliphatic carboxylic acids is 1. The van der Waals surface area contributed by atoms with Crippen LogP contribution < -0.4 is 0 Å². The number of hydrogen-bond donors (Lipinski definition) is 1. The van der Waals surface area contributed by atoms with E-state index in [1.54, 1.807) is 6.08 Å². The molecule has 0 spiro atoms. The summed E-state index contributed by atoms with van der Waals surface area (Å²) in [7, 11) is 4.14. The van der Waals surface area contributed by atoms with Crippen molar-refractivity contribution < 1.29 is 9.90 Å². The van der Waals surface area contributed by atoms with Crippen LogP contribution in [0.3, 0.4) is 0 Å². The van der Waals surface area contributed by atoms with Gasteiger partial charge in [0.2, 0.25) is 0 Å². The molecule has 0 saturated heterocycles. The minimum absolute atomic E-state index is 0.918. The first-order valence-corrected chi connectivity index (χ1v) is 7.14. The van der Waals surface area contributed by atoms with Crippen molar-refractivity contribution in [3.05, 3.63) is 41.6 Å². The number of carboxylic acids is 1. The second kappa shape index (κ2) is 6.59. The van der Waals surface area contributed by atoms with Crippen molar-refractivity contribution >= 4 is 22.9 Å². The molecule has 0 saturated carbocycles. The van der Waals surface area contributed by atoms with Gasteiger partial charge in [0.15, 0.2) is 0 Å². The Morgan fingerprint density at radius 3 is 2.71 bits per heavy atom. The number of nitrogens with zero attached hydrogens (tertiary/aromatic N) is 2. The Hall–Kier alpha value is -2.07. The summed E-state index contributed by atoms with van der Waals surface area (Å²) in [5.41, 5.74) is 3.28. The van der Waals surface area contributed by atoms with E-state index in [9.17, 15) is 4.79 Å². The van der Waals surface area contributed by atoms with E-state index in [2.05, 4.69) is 36.6 Å². The Bertz CT molecular complexity index is 669. The molecule has 0 aliphatic heterocycles. The van der Waals surface area contributed by atoms with Crippen LogP contribution in [-0.4, -0.2) is 41.2 Å². The SMILES string of the molecule is Cc1c(/C=C/C(=O)O)c2ccccc2n1CCCN(C)C. The maximum absolute atomic E-state index is 10.8. The summed E-state index contributed by atoms with van der Waals surface area (Å²) in [6.45, 7) is 4.02. The molecule has 0 bridgehead atoms. The molecule has 1 aromatic heterocycles. The Morgan fingerprint density at radius 1 is 1.33 bits per heavy atom. The quantitative estimate of drug-likeness (QED) is 0.830. The third-order valence-electron chi connectivity index (χ3n) is 3.66. The van der Waals surface area contributed by atoms with E-state index in [0.717, 1.165) is 36.2 Å². The molecule has 0 fully saturated rings. The maximum Gasteiger partial charge on any atom is 0.328 e. The molecule has 4 heteroatoms. The zero-order valence-corrected chi connectivity index (χ0v) is 12.8. The van der Waals surface area contributed by atoms with E-state index in [-0.39, 0.29) is 0 Å². The van der Waals surface area contributed by atoms with Gasteiger partial charge in [-0.05, 0) is 46.1 Å². The highest BCUT2D eigenvalue weighted by Crippen LogP contribution is 2.27. The van der Waals surface area contributed by atoms with Crippen LogP contribution in [-0.2, 0) is 11.3 Å². The summed E-state index contributed by atoms with van der Waals surface area (Å²) in [5.74, 6) is -0.918. The molecule has 2 rings (SSSR count). The highest BCUT2D eigenvalue weighted by atomic mass is 16.4. The number of benzene rings is 1. The summed E-state index contributed by atoms with van der Waals surface area (Å²) in [4.78, 5) is 12.9. The Kier molecular flexibility index (Phi) is 4.81. The third-order valence-corrected chi connectivity index (χ3v) is 3.66. The van der Waals surface area contributed by atoms with E-state index in [0.29, 0.717) is 0 Å². The number of carboxylic acid groups (broad SMARTS) is 1. The Balaban J connectivity index is 2.40. The highest BCUT2D eigenvalue weighted by Gasteiger charge is 2.11. The van der Waals surface area contributed by atoms with Crippen LogP contribution in [0.25, 0.3) is 17.0 Å². The first kappa shape index (κ1) is 15.3. The fourth-order valence-corrected chi connectivity index (χ4v) is 2.66. The number of aromatic nitrogens is 1. The van der Waals surface area contributed by atoms with Gasteiger partial charge in [-0.25, -0.2) is 4.79 Å². The molecular weight excluding hydrogens is 264 g/mol. The fourth-order valence-electron chi connectivity index (χ4n) is 2.66. The molecule has 0 aliphatic carbocycles. The van der Waals surface area contributed by atoms with Crippen LogP contribution in [0.4, 0.5) is 0 Å². The first-order chi connectivity index (χ1) is 10.0. The smallest absolute Gasteiger partial charge is 0.328 e. The molecule has 0 atom stereocenters. The average molecular weight is 286 g/mol. The summed E-state index contributed by atoms with van der Waals surface area (Å²) in [6.07, 6.45) is 3.97. The van der Waals surface area contributed by atoms with Gasteiger partial charge in [0.1, 0.15) is 0 Å². The van der Waals surface area contributed by atoms with Gasteiger partial charge >= 0.3 is 5.97 Å². The van der Waals surface area contributed by atoms with Gasteiger partial charge in [-0.3, -0.25) is 0 Å². The molecule has 21 heavy (non-hydrogen) atoms. The summed E-state index contributed by atoms with van der Waals surface area (Å²) in [6, 6.07) is 8.15. The first-order valence-electron chi connectivity index (χ1n) is 7.14. The highest BCUT2D eigenvalue weighted by molar-refractivity contribution is 5.95. The molecule has 0 aliphatic rings. The van der Waals surface area contributed by atoms with Crippen molar-refractivity contribution in [3.63, 3.8) is 0 Å². The van der Waals surface area contributed by atoms with E-state index in [1.165, 1.54) is 11.6 Å². The molecule has 1 aromatic carbocycles. The largest absolute Gasteiger partial charge is 0.478 e. The van der Waals surface area contributed by atoms with Gasteiger partial charge in [-0.1, -0.05) is 18.2 Å². The van der Waals surface area contributed by atoms with Gasteiger partial charge in [0, 0.05) is 34.8 Å². The monoisotopic (exact) mass is 286 g/mol. The van der Waals surface area contributed by atoms with Gasteiger partial charge in [-0.2, -0.15) is 0 Å². The predicted molar refractivity (Wildman–Crippen MR) is 86.5 cm³/mol. The number of para-hydroxylation sites is 1. The second-order valence-corrected chi connectivity index (χ2v) is 5.50. The van der Waals surface area contributed by atoms with Gasteiger partial charge in [0.25, 0.3) is 0 Å². The van der Waals surface area contributed by atoms with Crippen LogP contribution in [0.5, 0.6) is 0 Å². The van der Waals surface area contributed by atoms with E-state index in [1.807, 2.05) is 18.2 Å². The van der Waals surface area contributed by atoms with E-state index >= 15 is 0 Å². The summed E-state index contributed by atoms with van der Waals surface area (Å²) < 4.78 is 2.28. The number of aryl methyl sites for hydroxylation is 1. The zero-order chi connectivity index (χ0) is 15.4. The number of rotatable bonds is 6. The molecular formula is C17H22N2O2. The summed E-state index contributed by atoms with van der Waals surface area (Å²) >= 11 is 0.